The van der Waals surface area contributed by atoms with E-state index < -0.39 is 5.91 Å². The smallest absolute Gasteiger partial charge is 0.260 e. The minimum absolute atomic E-state index is 0.0684. The SMILES string of the molecule is NC(=O)c1sccc1-n1cccc1CO. The van der Waals surface area contributed by atoms with Crippen molar-refractivity contribution in [2.45, 2.75) is 6.61 Å². The summed E-state index contributed by atoms with van der Waals surface area (Å²) in [4.78, 5) is 11.6. The number of nitrogens with zero attached hydrogens (tertiary/aromatic N) is 1. The molecule has 15 heavy (non-hydrogen) atoms. The average molecular weight is 222 g/mol. The van der Waals surface area contributed by atoms with Gasteiger partial charge in [0.05, 0.1) is 12.3 Å². The molecule has 0 aromatic carbocycles. The lowest BCUT2D eigenvalue weighted by Crippen LogP contribution is -2.12. The number of hydrogen-bond donors (Lipinski definition) is 2. The van der Waals surface area contributed by atoms with E-state index in [1.165, 1.54) is 11.3 Å². The zero-order valence-electron chi connectivity index (χ0n) is 7.88. The summed E-state index contributed by atoms with van der Waals surface area (Å²) in [7, 11) is 0. The average Bonchev–Trinajstić information content (AvgIpc) is 2.85. The van der Waals surface area contributed by atoms with Gasteiger partial charge in [-0.1, -0.05) is 0 Å². The Balaban J connectivity index is 2.54. The van der Waals surface area contributed by atoms with Crippen LogP contribution in [0.5, 0.6) is 0 Å². The largest absolute Gasteiger partial charge is 0.390 e. The Labute approximate surface area is 90.6 Å². The van der Waals surface area contributed by atoms with Gasteiger partial charge in [-0.05, 0) is 23.6 Å². The van der Waals surface area contributed by atoms with Crippen LogP contribution in [0.15, 0.2) is 29.8 Å². The van der Waals surface area contributed by atoms with Crippen LogP contribution in [-0.2, 0) is 6.61 Å². The molecule has 0 bridgehead atoms. The summed E-state index contributed by atoms with van der Waals surface area (Å²) >= 11 is 1.30. The molecule has 4 nitrogen and oxygen atoms in total. The first-order valence-electron chi connectivity index (χ1n) is 4.39. The van der Waals surface area contributed by atoms with Gasteiger partial charge in [0.2, 0.25) is 0 Å². The fourth-order valence-corrected chi connectivity index (χ4v) is 2.19. The maximum absolute atomic E-state index is 11.1. The fourth-order valence-electron chi connectivity index (χ4n) is 1.46. The van der Waals surface area contributed by atoms with Crippen molar-refractivity contribution in [2.75, 3.05) is 0 Å². The van der Waals surface area contributed by atoms with Gasteiger partial charge in [0.25, 0.3) is 5.91 Å². The number of primary amides is 1. The van der Waals surface area contributed by atoms with Crippen molar-refractivity contribution >= 4 is 17.2 Å². The molecule has 1 amide bonds. The zero-order valence-corrected chi connectivity index (χ0v) is 8.70. The van der Waals surface area contributed by atoms with Gasteiger partial charge < -0.3 is 15.4 Å². The van der Waals surface area contributed by atoms with Crippen LogP contribution < -0.4 is 5.73 Å². The lowest BCUT2D eigenvalue weighted by Gasteiger charge is -2.06. The predicted octanol–water partition coefficient (Wildman–Crippen LogP) is 1.13. The second kappa shape index (κ2) is 3.88. The van der Waals surface area contributed by atoms with Crippen LogP contribution in [0.1, 0.15) is 15.4 Å². The number of rotatable bonds is 3. The van der Waals surface area contributed by atoms with Crippen LogP contribution in [0.2, 0.25) is 0 Å². The van der Waals surface area contributed by atoms with Gasteiger partial charge in [-0.15, -0.1) is 11.3 Å². The summed E-state index contributed by atoms with van der Waals surface area (Å²) in [5.41, 5.74) is 6.71. The summed E-state index contributed by atoms with van der Waals surface area (Å²) in [6.45, 7) is -0.0684. The molecule has 0 aliphatic carbocycles. The maximum Gasteiger partial charge on any atom is 0.260 e. The Bertz CT molecular complexity index is 487. The molecule has 0 radical (unpaired) electrons. The molecular formula is C10H10N2O2S. The molecule has 2 heterocycles. The minimum atomic E-state index is -0.447. The van der Waals surface area contributed by atoms with E-state index in [4.69, 9.17) is 10.8 Å². The lowest BCUT2D eigenvalue weighted by atomic mass is 10.3. The molecule has 3 N–H and O–H groups in total. The normalized spacial score (nSPS) is 10.5. The molecule has 2 aromatic rings. The highest BCUT2D eigenvalue weighted by atomic mass is 32.1. The molecule has 5 heteroatoms. The van der Waals surface area contributed by atoms with Crippen LogP contribution in [0.3, 0.4) is 0 Å². The molecule has 0 saturated carbocycles. The molecule has 78 valence electrons. The number of nitrogens with two attached hydrogens (primary N) is 1. The summed E-state index contributed by atoms with van der Waals surface area (Å²) in [5.74, 6) is -0.447. The first-order chi connectivity index (χ1) is 7.24. The van der Waals surface area contributed by atoms with Crippen LogP contribution in [0.25, 0.3) is 5.69 Å². The van der Waals surface area contributed by atoms with Crippen LogP contribution in [-0.4, -0.2) is 15.6 Å². The highest BCUT2D eigenvalue weighted by Crippen LogP contribution is 2.22. The Morgan fingerprint density at radius 3 is 3.00 bits per heavy atom. The van der Waals surface area contributed by atoms with Crippen molar-refractivity contribution in [2.24, 2.45) is 5.73 Å². The standard InChI is InChI=1S/C10H10N2O2S/c11-10(14)9-8(3-5-15-9)12-4-1-2-7(12)6-13/h1-5,13H,6H2,(H2,11,14). The van der Waals surface area contributed by atoms with E-state index in [1.807, 2.05) is 12.1 Å². The quantitative estimate of drug-likeness (QED) is 0.817. The molecule has 0 spiro atoms. The third-order valence-electron chi connectivity index (χ3n) is 2.12. The second-order valence-electron chi connectivity index (χ2n) is 3.03. The molecule has 0 aliphatic heterocycles. The Kier molecular flexibility index (Phi) is 2.57. The van der Waals surface area contributed by atoms with Crippen LogP contribution in [0, 0.1) is 0 Å². The van der Waals surface area contributed by atoms with Crippen molar-refractivity contribution in [3.05, 3.63) is 40.3 Å². The van der Waals surface area contributed by atoms with E-state index >= 15 is 0 Å². The van der Waals surface area contributed by atoms with Gasteiger partial charge in [0.1, 0.15) is 4.88 Å². The van der Waals surface area contributed by atoms with E-state index in [0.29, 0.717) is 4.88 Å². The predicted molar refractivity (Wildman–Crippen MR) is 58.1 cm³/mol. The van der Waals surface area contributed by atoms with E-state index in [-0.39, 0.29) is 6.61 Å². The van der Waals surface area contributed by atoms with E-state index in [0.717, 1.165) is 11.4 Å². The number of aliphatic hydroxyl groups is 1. The summed E-state index contributed by atoms with van der Waals surface area (Å²) < 4.78 is 1.76. The molecule has 0 fully saturated rings. The van der Waals surface area contributed by atoms with Crippen LogP contribution in [0.4, 0.5) is 0 Å². The monoisotopic (exact) mass is 222 g/mol. The highest BCUT2D eigenvalue weighted by molar-refractivity contribution is 7.12. The second-order valence-corrected chi connectivity index (χ2v) is 3.94. The molecular weight excluding hydrogens is 212 g/mol. The first-order valence-corrected chi connectivity index (χ1v) is 5.26. The summed E-state index contributed by atoms with van der Waals surface area (Å²) in [5, 5.41) is 10.9. The Morgan fingerprint density at radius 1 is 1.53 bits per heavy atom. The van der Waals surface area contributed by atoms with Crippen LogP contribution >= 0.6 is 11.3 Å². The number of thiophene rings is 1. The summed E-state index contributed by atoms with van der Waals surface area (Å²) in [6.07, 6.45) is 1.79. The van der Waals surface area contributed by atoms with Gasteiger partial charge in [-0.25, -0.2) is 0 Å². The number of carbonyl (C=O) groups is 1. The molecule has 2 rings (SSSR count). The van der Waals surface area contributed by atoms with Crippen molar-refractivity contribution in [1.29, 1.82) is 0 Å². The number of amides is 1. The van der Waals surface area contributed by atoms with E-state index in [1.54, 1.807) is 22.2 Å². The number of aliphatic hydroxyl groups excluding tert-OH is 1. The molecule has 0 saturated heterocycles. The molecule has 0 unspecified atom stereocenters. The van der Waals surface area contributed by atoms with Gasteiger partial charge in [-0.2, -0.15) is 0 Å². The topological polar surface area (TPSA) is 68.2 Å². The maximum atomic E-state index is 11.1. The lowest BCUT2D eigenvalue weighted by molar-refractivity contribution is 0.100. The zero-order chi connectivity index (χ0) is 10.8. The third kappa shape index (κ3) is 1.67. The van der Waals surface area contributed by atoms with Crippen molar-refractivity contribution < 1.29 is 9.90 Å². The highest BCUT2D eigenvalue weighted by Gasteiger charge is 2.12. The molecule has 0 aliphatic rings. The Hall–Kier alpha value is -1.59. The van der Waals surface area contributed by atoms with Crippen molar-refractivity contribution in [3.8, 4) is 5.69 Å². The minimum Gasteiger partial charge on any atom is -0.390 e. The van der Waals surface area contributed by atoms with Gasteiger partial charge >= 0.3 is 0 Å². The number of hydrogen-bond acceptors (Lipinski definition) is 3. The van der Waals surface area contributed by atoms with Gasteiger partial charge in [0.15, 0.2) is 0 Å². The van der Waals surface area contributed by atoms with Crippen molar-refractivity contribution in [1.82, 2.24) is 4.57 Å². The van der Waals surface area contributed by atoms with Gasteiger partial charge in [-0.3, -0.25) is 4.79 Å². The number of aromatic nitrogens is 1. The van der Waals surface area contributed by atoms with E-state index in [9.17, 15) is 4.79 Å². The van der Waals surface area contributed by atoms with Gasteiger partial charge in [0, 0.05) is 11.9 Å². The first kappa shape index (κ1) is 9.95. The summed E-state index contributed by atoms with van der Waals surface area (Å²) in [6, 6.07) is 5.42. The number of carbonyl (C=O) groups excluding carboxylic acids is 1. The third-order valence-corrected chi connectivity index (χ3v) is 3.04. The molecule has 2 aromatic heterocycles. The van der Waals surface area contributed by atoms with E-state index in [2.05, 4.69) is 0 Å². The molecule has 0 atom stereocenters. The fraction of sp³-hybridized carbons (Fsp3) is 0.100. The van der Waals surface area contributed by atoms with Crippen molar-refractivity contribution in [3.63, 3.8) is 0 Å². The Morgan fingerprint density at radius 2 is 2.33 bits per heavy atom.